The molecule has 0 fully saturated rings. The molecule has 0 amide bonds. The van der Waals surface area contributed by atoms with Crippen molar-refractivity contribution in [3.63, 3.8) is 0 Å². The van der Waals surface area contributed by atoms with E-state index < -0.39 is 33.1 Å². The van der Waals surface area contributed by atoms with Gasteiger partial charge in [-0.15, -0.1) is 0 Å². The number of nitrogens with one attached hydrogen (secondary N) is 1. The molecule has 0 saturated heterocycles. The Hall–Kier alpha value is -2.41. The summed E-state index contributed by atoms with van der Waals surface area (Å²) in [5, 5.41) is 9.05. The minimum atomic E-state index is -3.81. The van der Waals surface area contributed by atoms with Gasteiger partial charge in [0, 0.05) is 5.56 Å². The zero-order valence-electron chi connectivity index (χ0n) is 11.0. The molecular weight excluding hydrogens is 297 g/mol. The number of carbonyl (C=O) groups is 1. The lowest BCUT2D eigenvalue weighted by molar-refractivity contribution is 0.0697. The molecule has 7 heteroatoms. The third-order valence-electron chi connectivity index (χ3n) is 2.74. The monoisotopic (exact) mass is 309 g/mol. The lowest BCUT2D eigenvalue weighted by Gasteiger charge is -2.12. The van der Waals surface area contributed by atoms with Crippen molar-refractivity contribution in [2.75, 3.05) is 11.0 Å². The van der Waals surface area contributed by atoms with E-state index in [0.29, 0.717) is 5.56 Å². The van der Waals surface area contributed by atoms with Crippen molar-refractivity contribution < 1.29 is 22.7 Å². The van der Waals surface area contributed by atoms with Gasteiger partial charge in [0.25, 0.3) is 0 Å². The number of anilines is 1. The van der Waals surface area contributed by atoms with Gasteiger partial charge in [0.05, 0.1) is 17.5 Å². The number of rotatable bonds is 4. The van der Waals surface area contributed by atoms with Gasteiger partial charge < -0.3 is 5.11 Å². The van der Waals surface area contributed by atoms with Crippen LogP contribution in [0.25, 0.3) is 11.1 Å². The van der Waals surface area contributed by atoms with Crippen LogP contribution in [0.15, 0.2) is 42.5 Å². The van der Waals surface area contributed by atoms with E-state index in [9.17, 15) is 17.6 Å². The molecule has 21 heavy (non-hydrogen) atoms. The summed E-state index contributed by atoms with van der Waals surface area (Å²) in [6, 6.07) is 10.9. The zero-order valence-corrected chi connectivity index (χ0v) is 11.8. The van der Waals surface area contributed by atoms with E-state index in [1.807, 2.05) is 4.72 Å². The molecule has 2 aromatic carbocycles. The van der Waals surface area contributed by atoms with E-state index in [1.165, 1.54) is 12.1 Å². The van der Waals surface area contributed by atoms with E-state index in [2.05, 4.69) is 0 Å². The van der Waals surface area contributed by atoms with Crippen molar-refractivity contribution in [3.05, 3.63) is 53.8 Å². The van der Waals surface area contributed by atoms with Crippen molar-refractivity contribution >= 4 is 21.7 Å². The minimum absolute atomic E-state index is 0.117. The maximum atomic E-state index is 14.5. The molecule has 0 bridgehead atoms. The van der Waals surface area contributed by atoms with Crippen molar-refractivity contribution in [2.24, 2.45) is 0 Å². The first-order valence-electron chi connectivity index (χ1n) is 5.88. The first-order chi connectivity index (χ1) is 9.79. The molecule has 0 radical (unpaired) electrons. The van der Waals surface area contributed by atoms with Crippen LogP contribution >= 0.6 is 0 Å². The smallest absolute Gasteiger partial charge is 0.337 e. The van der Waals surface area contributed by atoms with Crippen LogP contribution in [-0.4, -0.2) is 25.7 Å². The van der Waals surface area contributed by atoms with Crippen LogP contribution < -0.4 is 4.72 Å². The predicted octanol–water partition coefficient (Wildman–Crippen LogP) is 2.56. The second-order valence-corrected chi connectivity index (χ2v) is 6.14. The SMILES string of the molecule is CS(=O)(=O)Nc1c(C(=O)O)ccc(-c2ccccc2)c1F. The summed E-state index contributed by atoms with van der Waals surface area (Å²) in [4.78, 5) is 11.1. The highest BCUT2D eigenvalue weighted by molar-refractivity contribution is 7.92. The maximum Gasteiger partial charge on any atom is 0.337 e. The molecule has 2 rings (SSSR count). The van der Waals surface area contributed by atoms with Crippen LogP contribution in [0, 0.1) is 5.82 Å². The quantitative estimate of drug-likeness (QED) is 0.909. The van der Waals surface area contributed by atoms with Crippen LogP contribution in [0.2, 0.25) is 0 Å². The summed E-state index contributed by atoms with van der Waals surface area (Å²) in [6.45, 7) is 0. The zero-order chi connectivity index (χ0) is 15.6. The first-order valence-corrected chi connectivity index (χ1v) is 7.78. The van der Waals surface area contributed by atoms with Crippen LogP contribution in [0.1, 0.15) is 10.4 Å². The van der Waals surface area contributed by atoms with Crippen molar-refractivity contribution in [1.82, 2.24) is 0 Å². The molecule has 0 aromatic heterocycles. The molecule has 0 atom stereocenters. The van der Waals surface area contributed by atoms with E-state index >= 15 is 0 Å². The Labute approximate surface area is 121 Å². The number of aromatic carboxylic acids is 1. The number of halogens is 1. The summed E-state index contributed by atoms with van der Waals surface area (Å²) >= 11 is 0. The van der Waals surface area contributed by atoms with E-state index in [0.717, 1.165) is 6.26 Å². The molecule has 0 aliphatic heterocycles. The fourth-order valence-corrected chi connectivity index (χ4v) is 2.45. The van der Waals surface area contributed by atoms with Crippen LogP contribution in [-0.2, 0) is 10.0 Å². The summed E-state index contributed by atoms with van der Waals surface area (Å²) in [6.07, 6.45) is 0.827. The van der Waals surface area contributed by atoms with Crippen LogP contribution in [0.3, 0.4) is 0 Å². The summed E-state index contributed by atoms with van der Waals surface area (Å²) < 4.78 is 39.1. The van der Waals surface area contributed by atoms with Gasteiger partial charge in [-0.25, -0.2) is 17.6 Å². The molecule has 2 N–H and O–H groups in total. The minimum Gasteiger partial charge on any atom is -0.478 e. The number of carboxylic acids is 1. The summed E-state index contributed by atoms with van der Waals surface area (Å²) in [7, 11) is -3.81. The fourth-order valence-electron chi connectivity index (χ4n) is 1.88. The van der Waals surface area contributed by atoms with Crippen molar-refractivity contribution in [3.8, 4) is 11.1 Å². The molecule has 0 heterocycles. The third-order valence-corrected chi connectivity index (χ3v) is 3.32. The molecule has 0 spiro atoms. The fraction of sp³-hybridized carbons (Fsp3) is 0.0714. The molecule has 110 valence electrons. The first kappa shape index (κ1) is 15.0. The molecule has 0 saturated carbocycles. The van der Waals surface area contributed by atoms with Gasteiger partial charge in [-0.05, 0) is 11.6 Å². The summed E-state index contributed by atoms with van der Waals surface area (Å²) in [5.41, 5.74) is -0.376. The Kier molecular flexibility index (Phi) is 3.95. The predicted molar refractivity (Wildman–Crippen MR) is 77.3 cm³/mol. The largest absolute Gasteiger partial charge is 0.478 e. The van der Waals surface area contributed by atoms with Gasteiger partial charge in [0.15, 0.2) is 5.82 Å². The lowest BCUT2D eigenvalue weighted by Crippen LogP contribution is -2.15. The molecular formula is C14H12FNO4S. The number of carboxylic acid groups (broad SMARTS) is 1. The Balaban J connectivity index is 2.67. The second kappa shape index (κ2) is 5.53. The van der Waals surface area contributed by atoms with Crippen molar-refractivity contribution in [2.45, 2.75) is 0 Å². The van der Waals surface area contributed by atoms with Gasteiger partial charge in [-0.3, -0.25) is 4.72 Å². The Bertz CT molecular complexity index is 788. The van der Waals surface area contributed by atoms with Gasteiger partial charge in [-0.1, -0.05) is 36.4 Å². The van der Waals surface area contributed by atoms with Gasteiger partial charge in [-0.2, -0.15) is 0 Å². The number of sulfonamides is 1. The van der Waals surface area contributed by atoms with Crippen molar-refractivity contribution in [1.29, 1.82) is 0 Å². The lowest BCUT2D eigenvalue weighted by atomic mass is 10.0. The van der Waals surface area contributed by atoms with Crippen LogP contribution in [0.4, 0.5) is 10.1 Å². The average molecular weight is 309 g/mol. The maximum absolute atomic E-state index is 14.5. The number of hydrogen-bond donors (Lipinski definition) is 2. The number of hydrogen-bond acceptors (Lipinski definition) is 3. The normalized spacial score (nSPS) is 11.1. The van der Waals surface area contributed by atoms with Gasteiger partial charge in [0.1, 0.15) is 0 Å². The summed E-state index contributed by atoms with van der Waals surface area (Å²) in [5.74, 6) is -2.34. The average Bonchev–Trinajstić information content (AvgIpc) is 2.40. The van der Waals surface area contributed by atoms with Crippen LogP contribution in [0.5, 0.6) is 0 Å². The third kappa shape index (κ3) is 3.38. The molecule has 2 aromatic rings. The molecule has 0 aliphatic rings. The standard InChI is InChI=1S/C14H12FNO4S/c1-21(19,20)16-13-11(14(17)18)8-7-10(12(13)15)9-5-3-2-4-6-9/h2-8,16H,1H3,(H,17,18). The van der Waals surface area contributed by atoms with E-state index in [-0.39, 0.29) is 5.56 Å². The van der Waals surface area contributed by atoms with E-state index in [1.54, 1.807) is 30.3 Å². The second-order valence-electron chi connectivity index (χ2n) is 4.40. The van der Waals surface area contributed by atoms with Gasteiger partial charge in [0.2, 0.25) is 10.0 Å². The van der Waals surface area contributed by atoms with E-state index in [4.69, 9.17) is 5.11 Å². The molecule has 0 unspecified atom stereocenters. The Morgan fingerprint density at radius 3 is 2.29 bits per heavy atom. The Morgan fingerprint density at radius 1 is 1.14 bits per heavy atom. The Morgan fingerprint density at radius 2 is 1.76 bits per heavy atom. The highest BCUT2D eigenvalue weighted by Crippen LogP contribution is 2.31. The van der Waals surface area contributed by atoms with Gasteiger partial charge >= 0.3 is 5.97 Å². The highest BCUT2D eigenvalue weighted by Gasteiger charge is 2.21. The molecule has 5 nitrogen and oxygen atoms in total. The topological polar surface area (TPSA) is 83.5 Å². The highest BCUT2D eigenvalue weighted by atomic mass is 32.2. The molecule has 0 aliphatic carbocycles. The number of benzene rings is 2.